The van der Waals surface area contributed by atoms with Crippen LogP contribution in [0.3, 0.4) is 0 Å². The van der Waals surface area contributed by atoms with Crippen molar-refractivity contribution in [1.82, 2.24) is 15.1 Å². The van der Waals surface area contributed by atoms with E-state index in [1.165, 1.54) is 0 Å². The SMILES string of the molecule is CCCN1CCN(CCCNC(C)(C)C)C(=O)C1=O. The van der Waals surface area contributed by atoms with Crippen LogP contribution in [-0.2, 0) is 9.59 Å². The Morgan fingerprint density at radius 2 is 1.58 bits per heavy atom. The van der Waals surface area contributed by atoms with Gasteiger partial charge >= 0.3 is 11.8 Å². The summed E-state index contributed by atoms with van der Waals surface area (Å²) >= 11 is 0. The Labute approximate surface area is 116 Å². The van der Waals surface area contributed by atoms with Gasteiger partial charge in [0.1, 0.15) is 0 Å². The minimum atomic E-state index is -0.338. The van der Waals surface area contributed by atoms with Crippen molar-refractivity contribution in [2.75, 3.05) is 32.7 Å². The standard InChI is InChI=1S/C14H27N3O2/c1-5-8-16-10-11-17(13(19)12(16)18)9-6-7-15-14(2,3)4/h15H,5-11H2,1-4H3. The lowest BCUT2D eigenvalue weighted by atomic mass is 10.1. The molecule has 5 nitrogen and oxygen atoms in total. The van der Waals surface area contributed by atoms with Gasteiger partial charge in [0.15, 0.2) is 0 Å². The van der Waals surface area contributed by atoms with Gasteiger partial charge in [-0.3, -0.25) is 9.59 Å². The van der Waals surface area contributed by atoms with E-state index in [4.69, 9.17) is 0 Å². The Morgan fingerprint density at radius 1 is 1.05 bits per heavy atom. The monoisotopic (exact) mass is 269 g/mol. The fourth-order valence-electron chi connectivity index (χ4n) is 2.14. The second-order valence-corrected chi connectivity index (χ2v) is 6.11. The van der Waals surface area contributed by atoms with E-state index in [0.29, 0.717) is 26.2 Å². The zero-order chi connectivity index (χ0) is 14.5. The molecule has 0 aromatic heterocycles. The maximum atomic E-state index is 11.9. The lowest BCUT2D eigenvalue weighted by molar-refractivity contribution is -0.156. The largest absolute Gasteiger partial charge is 0.333 e. The number of carbonyl (C=O) groups is 2. The number of nitrogens with one attached hydrogen (secondary N) is 1. The lowest BCUT2D eigenvalue weighted by Crippen LogP contribution is -2.54. The average Bonchev–Trinajstić information content (AvgIpc) is 2.32. The highest BCUT2D eigenvalue weighted by atomic mass is 16.2. The van der Waals surface area contributed by atoms with E-state index in [0.717, 1.165) is 19.4 Å². The molecule has 0 aromatic rings. The Kier molecular flexibility index (Phi) is 5.79. The van der Waals surface area contributed by atoms with Crippen LogP contribution in [0.25, 0.3) is 0 Å². The topological polar surface area (TPSA) is 52.6 Å². The Hall–Kier alpha value is -1.10. The first-order chi connectivity index (χ1) is 8.85. The van der Waals surface area contributed by atoms with Crippen molar-refractivity contribution < 1.29 is 9.59 Å². The highest BCUT2D eigenvalue weighted by Crippen LogP contribution is 2.07. The first kappa shape index (κ1) is 16.0. The zero-order valence-electron chi connectivity index (χ0n) is 12.7. The quantitative estimate of drug-likeness (QED) is 0.574. The smallest absolute Gasteiger partial charge is 0.312 e. The van der Waals surface area contributed by atoms with Crippen molar-refractivity contribution in [3.05, 3.63) is 0 Å². The molecular formula is C14H27N3O2. The third-order valence-corrected chi connectivity index (χ3v) is 3.15. The molecule has 110 valence electrons. The van der Waals surface area contributed by atoms with E-state index in [2.05, 4.69) is 26.1 Å². The number of carbonyl (C=O) groups excluding carboxylic acids is 2. The first-order valence-corrected chi connectivity index (χ1v) is 7.18. The Balaban J connectivity index is 2.33. The molecule has 19 heavy (non-hydrogen) atoms. The number of hydrogen-bond donors (Lipinski definition) is 1. The van der Waals surface area contributed by atoms with Crippen LogP contribution in [0.2, 0.25) is 0 Å². The predicted octanol–water partition coefficient (Wildman–Crippen LogP) is 0.845. The summed E-state index contributed by atoms with van der Waals surface area (Å²) in [5.74, 6) is -0.674. The molecular weight excluding hydrogens is 242 g/mol. The maximum Gasteiger partial charge on any atom is 0.312 e. The molecule has 1 aliphatic heterocycles. The minimum Gasteiger partial charge on any atom is -0.333 e. The van der Waals surface area contributed by atoms with Crippen LogP contribution in [0.5, 0.6) is 0 Å². The third-order valence-electron chi connectivity index (χ3n) is 3.15. The predicted molar refractivity (Wildman–Crippen MR) is 75.8 cm³/mol. The summed E-state index contributed by atoms with van der Waals surface area (Å²) in [5.41, 5.74) is 0.0969. The Bertz CT molecular complexity index is 323. The molecule has 0 saturated carbocycles. The molecule has 1 aliphatic rings. The van der Waals surface area contributed by atoms with Gasteiger partial charge in [0.05, 0.1) is 0 Å². The van der Waals surface area contributed by atoms with Gasteiger partial charge in [-0.25, -0.2) is 0 Å². The van der Waals surface area contributed by atoms with Crippen molar-refractivity contribution in [2.45, 2.75) is 46.1 Å². The van der Waals surface area contributed by atoms with Gasteiger partial charge in [-0.1, -0.05) is 6.92 Å². The van der Waals surface area contributed by atoms with E-state index in [1.54, 1.807) is 9.80 Å². The molecule has 1 saturated heterocycles. The van der Waals surface area contributed by atoms with Crippen LogP contribution in [0, 0.1) is 0 Å². The highest BCUT2D eigenvalue weighted by Gasteiger charge is 2.31. The van der Waals surface area contributed by atoms with Crippen LogP contribution in [-0.4, -0.2) is 59.9 Å². The number of hydrogen-bond acceptors (Lipinski definition) is 3. The van der Waals surface area contributed by atoms with Gasteiger partial charge in [0.25, 0.3) is 0 Å². The van der Waals surface area contributed by atoms with Crippen LogP contribution < -0.4 is 5.32 Å². The average molecular weight is 269 g/mol. The van der Waals surface area contributed by atoms with Gasteiger partial charge in [0.2, 0.25) is 0 Å². The number of piperazine rings is 1. The van der Waals surface area contributed by atoms with Crippen LogP contribution in [0.15, 0.2) is 0 Å². The van der Waals surface area contributed by atoms with E-state index < -0.39 is 0 Å². The van der Waals surface area contributed by atoms with Crippen LogP contribution in [0.1, 0.15) is 40.5 Å². The minimum absolute atomic E-state index is 0.0969. The molecule has 0 radical (unpaired) electrons. The second kappa shape index (κ2) is 6.89. The molecule has 1 N–H and O–H groups in total. The first-order valence-electron chi connectivity index (χ1n) is 7.18. The molecule has 0 unspecified atom stereocenters. The van der Waals surface area contributed by atoms with Gasteiger partial charge in [-0.2, -0.15) is 0 Å². The molecule has 5 heteroatoms. The normalized spacial score (nSPS) is 17.3. The third kappa shape index (κ3) is 5.19. The number of amides is 2. The van der Waals surface area contributed by atoms with Crippen molar-refractivity contribution in [3.8, 4) is 0 Å². The van der Waals surface area contributed by atoms with E-state index in [1.807, 2.05) is 6.92 Å². The van der Waals surface area contributed by atoms with Gasteiger partial charge in [-0.15, -0.1) is 0 Å². The fraction of sp³-hybridized carbons (Fsp3) is 0.857. The van der Waals surface area contributed by atoms with E-state index >= 15 is 0 Å². The summed E-state index contributed by atoms with van der Waals surface area (Å²) in [4.78, 5) is 27.1. The van der Waals surface area contributed by atoms with E-state index in [-0.39, 0.29) is 17.4 Å². The maximum absolute atomic E-state index is 11.9. The molecule has 0 spiro atoms. The fourth-order valence-corrected chi connectivity index (χ4v) is 2.14. The van der Waals surface area contributed by atoms with Gasteiger partial charge in [0, 0.05) is 31.7 Å². The van der Waals surface area contributed by atoms with Gasteiger partial charge < -0.3 is 15.1 Å². The molecule has 2 amide bonds. The lowest BCUT2D eigenvalue weighted by Gasteiger charge is -2.33. The Morgan fingerprint density at radius 3 is 2.05 bits per heavy atom. The highest BCUT2D eigenvalue weighted by molar-refractivity contribution is 6.35. The summed E-state index contributed by atoms with van der Waals surface area (Å²) in [5, 5.41) is 3.38. The van der Waals surface area contributed by atoms with Crippen molar-refractivity contribution in [3.63, 3.8) is 0 Å². The number of rotatable bonds is 6. The molecule has 0 bridgehead atoms. The van der Waals surface area contributed by atoms with Crippen molar-refractivity contribution >= 4 is 11.8 Å². The summed E-state index contributed by atoms with van der Waals surface area (Å²) in [6, 6.07) is 0. The molecule has 0 atom stereocenters. The second-order valence-electron chi connectivity index (χ2n) is 6.11. The van der Waals surface area contributed by atoms with Crippen LogP contribution in [0.4, 0.5) is 0 Å². The summed E-state index contributed by atoms with van der Waals surface area (Å²) < 4.78 is 0. The molecule has 1 heterocycles. The van der Waals surface area contributed by atoms with Crippen LogP contribution >= 0.6 is 0 Å². The number of nitrogens with zero attached hydrogens (tertiary/aromatic N) is 2. The summed E-state index contributed by atoms with van der Waals surface area (Å²) in [7, 11) is 0. The molecule has 1 fully saturated rings. The summed E-state index contributed by atoms with van der Waals surface area (Å²) in [6.07, 6.45) is 1.78. The molecule has 1 rings (SSSR count). The molecule has 0 aliphatic carbocycles. The van der Waals surface area contributed by atoms with E-state index in [9.17, 15) is 9.59 Å². The van der Waals surface area contributed by atoms with Crippen molar-refractivity contribution in [2.24, 2.45) is 0 Å². The summed E-state index contributed by atoms with van der Waals surface area (Å²) in [6.45, 7) is 11.9. The molecule has 0 aromatic carbocycles. The van der Waals surface area contributed by atoms with Gasteiger partial charge in [-0.05, 0) is 40.2 Å². The van der Waals surface area contributed by atoms with Crippen molar-refractivity contribution in [1.29, 1.82) is 0 Å². The zero-order valence-corrected chi connectivity index (χ0v) is 12.7.